The lowest BCUT2D eigenvalue weighted by atomic mass is 10.0. The van der Waals surface area contributed by atoms with Gasteiger partial charge in [0.1, 0.15) is 5.82 Å². The molecule has 1 N–H and O–H groups in total. The Morgan fingerprint density at radius 2 is 2.28 bits per heavy atom. The Kier molecular flexibility index (Phi) is 4.14. The van der Waals surface area contributed by atoms with Gasteiger partial charge >= 0.3 is 0 Å². The molecule has 2 aromatic rings. The van der Waals surface area contributed by atoms with Gasteiger partial charge in [0.05, 0.1) is 16.8 Å². The molecule has 2 rings (SSSR count). The van der Waals surface area contributed by atoms with Gasteiger partial charge in [0.2, 0.25) is 0 Å². The van der Waals surface area contributed by atoms with Crippen molar-refractivity contribution in [1.82, 2.24) is 9.78 Å². The first kappa shape index (κ1) is 13.2. The fourth-order valence-electron chi connectivity index (χ4n) is 1.75. The van der Waals surface area contributed by atoms with Crippen molar-refractivity contribution < 1.29 is 9.50 Å². The van der Waals surface area contributed by atoms with E-state index in [1.807, 2.05) is 13.1 Å². The fraction of sp³-hybridized carbons (Fsp3) is 0.308. The third-order valence-corrected chi connectivity index (χ3v) is 3.41. The molecule has 3 nitrogen and oxygen atoms in total. The molecule has 96 valence electrons. The Morgan fingerprint density at radius 3 is 2.89 bits per heavy atom. The van der Waals surface area contributed by atoms with Crippen LogP contribution in [0.3, 0.4) is 0 Å². The van der Waals surface area contributed by atoms with Gasteiger partial charge in [-0.05, 0) is 46.1 Å². The van der Waals surface area contributed by atoms with E-state index in [4.69, 9.17) is 0 Å². The van der Waals surface area contributed by atoms with Crippen LogP contribution in [-0.2, 0) is 13.0 Å². The monoisotopic (exact) mass is 312 g/mol. The summed E-state index contributed by atoms with van der Waals surface area (Å²) in [7, 11) is 0. The van der Waals surface area contributed by atoms with E-state index in [9.17, 15) is 9.50 Å². The van der Waals surface area contributed by atoms with E-state index in [-0.39, 0.29) is 5.82 Å². The molecule has 1 heterocycles. The number of rotatable bonds is 4. The highest BCUT2D eigenvalue weighted by Crippen LogP contribution is 2.23. The first-order valence-electron chi connectivity index (χ1n) is 5.74. The Bertz CT molecular complexity index is 542. The van der Waals surface area contributed by atoms with Crippen molar-refractivity contribution in [2.75, 3.05) is 0 Å². The molecule has 0 aliphatic rings. The van der Waals surface area contributed by atoms with Gasteiger partial charge in [0.25, 0.3) is 0 Å². The van der Waals surface area contributed by atoms with Gasteiger partial charge in [-0.15, -0.1) is 0 Å². The molecule has 1 atom stereocenters. The smallest absolute Gasteiger partial charge is 0.137 e. The van der Waals surface area contributed by atoms with Gasteiger partial charge in [0.15, 0.2) is 0 Å². The van der Waals surface area contributed by atoms with Crippen molar-refractivity contribution in [2.45, 2.75) is 26.0 Å². The van der Waals surface area contributed by atoms with Gasteiger partial charge in [0, 0.05) is 19.2 Å². The largest absolute Gasteiger partial charge is 0.388 e. The van der Waals surface area contributed by atoms with E-state index in [1.165, 1.54) is 6.07 Å². The molecule has 18 heavy (non-hydrogen) atoms. The SMILES string of the molecule is CCn1cc(CC(O)c2ccc(Br)c(F)c2)cn1. The average molecular weight is 313 g/mol. The van der Waals surface area contributed by atoms with Crippen molar-refractivity contribution in [3.63, 3.8) is 0 Å². The van der Waals surface area contributed by atoms with Crippen molar-refractivity contribution in [3.8, 4) is 0 Å². The number of aliphatic hydroxyl groups excluding tert-OH is 1. The highest BCUT2D eigenvalue weighted by atomic mass is 79.9. The molecule has 0 spiro atoms. The number of halogens is 2. The molecule has 0 fully saturated rings. The first-order valence-corrected chi connectivity index (χ1v) is 6.53. The van der Waals surface area contributed by atoms with Crippen LogP contribution in [0.15, 0.2) is 35.1 Å². The summed E-state index contributed by atoms with van der Waals surface area (Å²) in [5, 5.41) is 14.2. The second kappa shape index (κ2) is 5.63. The summed E-state index contributed by atoms with van der Waals surface area (Å²) in [5.41, 5.74) is 1.51. The predicted octanol–water partition coefficient (Wildman–Crippen LogP) is 3.08. The van der Waals surface area contributed by atoms with E-state index in [0.29, 0.717) is 16.5 Å². The molecule has 0 saturated heterocycles. The second-order valence-electron chi connectivity index (χ2n) is 4.10. The molecular formula is C13H14BrFN2O. The molecular weight excluding hydrogens is 299 g/mol. The Balaban J connectivity index is 2.11. The number of aliphatic hydroxyl groups is 1. The maximum atomic E-state index is 13.4. The summed E-state index contributed by atoms with van der Waals surface area (Å²) in [6.07, 6.45) is 3.32. The molecule has 0 amide bonds. The van der Waals surface area contributed by atoms with Crippen LogP contribution in [0.4, 0.5) is 4.39 Å². The summed E-state index contributed by atoms with van der Waals surface area (Å²) in [5.74, 6) is -0.365. The van der Waals surface area contributed by atoms with Crippen LogP contribution in [-0.4, -0.2) is 14.9 Å². The van der Waals surface area contributed by atoms with Crippen LogP contribution in [0.2, 0.25) is 0 Å². The second-order valence-corrected chi connectivity index (χ2v) is 4.95. The van der Waals surface area contributed by atoms with Gasteiger partial charge in [-0.2, -0.15) is 5.10 Å². The molecule has 1 aromatic carbocycles. The molecule has 0 bridgehead atoms. The van der Waals surface area contributed by atoms with E-state index >= 15 is 0 Å². The van der Waals surface area contributed by atoms with Gasteiger partial charge in [-0.25, -0.2) is 4.39 Å². The van der Waals surface area contributed by atoms with Crippen molar-refractivity contribution in [3.05, 3.63) is 52.0 Å². The van der Waals surface area contributed by atoms with Crippen LogP contribution in [0.25, 0.3) is 0 Å². The van der Waals surface area contributed by atoms with Crippen molar-refractivity contribution in [1.29, 1.82) is 0 Å². The van der Waals surface area contributed by atoms with Crippen LogP contribution in [0.1, 0.15) is 24.2 Å². The zero-order valence-electron chi connectivity index (χ0n) is 9.98. The van der Waals surface area contributed by atoms with E-state index in [2.05, 4.69) is 21.0 Å². The number of benzene rings is 1. The zero-order chi connectivity index (χ0) is 13.1. The highest BCUT2D eigenvalue weighted by Gasteiger charge is 2.12. The topological polar surface area (TPSA) is 38.0 Å². The third-order valence-electron chi connectivity index (χ3n) is 2.77. The van der Waals surface area contributed by atoms with E-state index in [1.54, 1.807) is 23.0 Å². The fourth-order valence-corrected chi connectivity index (χ4v) is 1.99. The number of hydrogen-bond donors (Lipinski definition) is 1. The third kappa shape index (κ3) is 2.97. The molecule has 1 unspecified atom stereocenters. The Labute approximate surface area is 113 Å². The summed E-state index contributed by atoms with van der Waals surface area (Å²) < 4.78 is 15.6. The van der Waals surface area contributed by atoms with Crippen LogP contribution in [0, 0.1) is 5.82 Å². The normalized spacial score (nSPS) is 12.7. The summed E-state index contributed by atoms with van der Waals surface area (Å²) in [6, 6.07) is 4.66. The molecule has 0 radical (unpaired) electrons. The Morgan fingerprint density at radius 1 is 1.50 bits per heavy atom. The minimum Gasteiger partial charge on any atom is -0.388 e. The predicted molar refractivity (Wildman–Crippen MR) is 70.7 cm³/mol. The zero-order valence-corrected chi connectivity index (χ0v) is 11.6. The molecule has 0 aliphatic heterocycles. The van der Waals surface area contributed by atoms with E-state index in [0.717, 1.165) is 12.1 Å². The average Bonchev–Trinajstić information content (AvgIpc) is 2.80. The summed E-state index contributed by atoms with van der Waals surface area (Å²) >= 11 is 3.09. The van der Waals surface area contributed by atoms with Crippen LogP contribution in [0.5, 0.6) is 0 Å². The number of nitrogens with zero attached hydrogens (tertiary/aromatic N) is 2. The maximum absolute atomic E-state index is 13.4. The quantitative estimate of drug-likeness (QED) is 0.942. The molecule has 0 saturated carbocycles. The standard InChI is InChI=1S/C13H14BrFN2O/c1-2-17-8-9(7-16-17)5-13(18)10-3-4-11(14)12(15)6-10/h3-4,6-8,13,18H,2,5H2,1H3. The number of hydrogen-bond acceptors (Lipinski definition) is 2. The van der Waals surface area contributed by atoms with Crippen LogP contribution < -0.4 is 0 Å². The summed E-state index contributed by atoms with van der Waals surface area (Å²) in [4.78, 5) is 0. The lowest BCUT2D eigenvalue weighted by Gasteiger charge is -2.10. The van der Waals surface area contributed by atoms with Gasteiger partial charge in [-0.1, -0.05) is 6.07 Å². The lowest BCUT2D eigenvalue weighted by Crippen LogP contribution is -2.02. The minimum absolute atomic E-state index is 0.365. The maximum Gasteiger partial charge on any atom is 0.137 e. The minimum atomic E-state index is -0.720. The molecule has 1 aromatic heterocycles. The molecule has 0 aliphatic carbocycles. The number of aromatic nitrogens is 2. The van der Waals surface area contributed by atoms with Gasteiger partial charge in [-0.3, -0.25) is 4.68 Å². The molecule has 5 heteroatoms. The van der Waals surface area contributed by atoms with Crippen molar-refractivity contribution >= 4 is 15.9 Å². The summed E-state index contributed by atoms with van der Waals surface area (Å²) in [6.45, 7) is 2.79. The Hall–Kier alpha value is -1.20. The van der Waals surface area contributed by atoms with Crippen LogP contribution >= 0.6 is 15.9 Å². The first-order chi connectivity index (χ1) is 8.60. The van der Waals surface area contributed by atoms with E-state index < -0.39 is 6.10 Å². The van der Waals surface area contributed by atoms with Crippen molar-refractivity contribution in [2.24, 2.45) is 0 Å². The highest BCUT2D eigenvalue weighted by molar-refractivity contribution is 9.10. The lowest BCUT2D eigenvalue weighted by molar-refractivity contribution is 0.178. The number of aryl methyl sites for hydroxylation is 1. The van der Waals surface area contributed by atoms with Gasteiger partial charge < -0.3 is 5.11 Å².